The smallest absolute Gasteiger partial charge is 0.261 e. The van der Waals surface area contributed by atoms with Crippen LogP contribution in [-0.2, 0) is 6.54 Å². The van der Waals surface area contributed by atoms with Crippen molar-refractivity contribution in [2.45, 2.75) is 12.6 Å². The number of fused-ring (bicyclic) bond motifs is 1. The summed E-state index contributed by atoms with van der Waals surface area (Å²) in [6, 6.07) is 21.2. The van der Waals surface area contributed by atoms with Crippen LogP contribution >= 0.6 is 11.6 Å². The molecular formula is C26H24ClN3O3. The minimum Gasteiger partial charge on any atom is -0.350 e. The lowest BCUT2D eigenvalue weighted by Gasteiger charge is -2.26. The van der Waals surface area contributed by atoms with Crippen LogP contribution in [0.1, 0.15) is 48.2 Å². The number of hydrogen-bond acceptors (Lipinski definition) is 4. The number of likely N-dealkylation sites (N-methyl/N-ethyl adjacent to an activating group) is 1. The Bertz CT molecular complexity index is 1190. The Morgan fingerprint density at radius 1 is 0.939 bits per heavy atom. The van der Waals surface area contributed by atoms with Crippen LogP contribution in [-0.4, -0.2) is 48.2 Å². The molecular weight excluding hydrogens is 438 g/mol. The number of nitrogens with one attached hydrogen (secondary N) is 1. The van der Waals surface area contributed by atoms with Gasteiger partial charge in [0.25, 0.3) is 17.7 Å². The van der Waals surface area contributed by atoms with E-state index in [4.69, 9.17) is 11.6 Å². The molecule has 3 aromatic carbocycles. The fourth-order valence-corrected chi connectivity index (χ4v) is 4.25. The van der Waals surface area contributed by atoms with E-state index >= 15 is 0 Å². The summed E-state index contributed by atoms with van der Waals surface area (Å²) in [5.41, 5.74) is 2.91. The van der Waals surface area contributed by atoms with Crippen molar-refractivity contribution >= 4 is 29.3 Å². The van der Waals surface area contributed by atoms with Gasteiger partial charge >= 0.3 is 0 Å². The Balaban J connectivity index is 1.46. The summed E-state index contributed by atoms with van der Waals surface area (Å²) in [6.07, 6.45) is 0. The number of rotatable bonds is 7. The summed E-state index contributed by atoms with van der Waals surface area (Å²) >= 11 is 6.36. The molecule has 1 heterocycles. The fourth-order valence-electron chi connectivity index (χ4n) is 3.98. The molecule has 1 N–H and O–H groups in total. The molecule has 168 valence electrons. The lowest BCUT2D eigenvalue weighted by Crippen LogP contribution is -2.34. The molecule has 0 saturated carbocycles. The predicted octanol–water partition coefficient (Wildman–Crippen LogP) is 4.17. The minimum absolute atomic E-state index is 0.0934. The van der Waals surface area contributed by atoms with Crippen molar-refractivity contribution < 1.29 is 14.4 Å². The second-order valence-electron chi connectivity index (χ2n) is 8.15. The van der Waals surface area contributed by atoms with Crippen LogP contribution in [0.2, 0.25) is 5.02 Å². The van der Waals surface area contributed by atoms with Gasteiger partial charge in [-0.15, -0.1) is 0 Å². The van der Waals surface area contributed by atoms with Crippen molar-refractivity contribution in [1.82, 2.24) is 15.1 Å². The van der Waals surface area contributed by atoms with E-state index in [9.17, 15) is 14.4 Å². The number of carbonyl (C=O) groups is 3. The topological polar surface area (TPSA) is 69.7 Å². The van der Waals surface area contributed by atoms with Crippen molar-refractivity contribution in [3.05, 3.63) is 106 Å². The third kappa shape index (κ3) is 4.67. The standard InChI is InChI=1S/C26H24ClN3O3/c1-29(2)23(21-12-5-6-13-22(21)27)15-28-24(31)18-9-7-8-17(14-18)16-30-25(32)19-10-3-4-11-20(19)26(30)33/h3-14,23H,15-16H2,1-2H3,(H,28,31). The molecule has 1 aliphatic rings. The van der Waals surface area contributed by atoms with Crippen LogP contribution in [0.5, 0.6) is 0 Å². The molecule has 6 nitrogen and oxygen atoms in total. The van der Waals surface area contributed by atoms with Crippen LogP contribution in [0.15, 0.2) is 72.8 Å². The largest absolute Gasteiger partial charge is 0.350 e. The highest BCUT2D eigenvalue weighted by molar-refractivity contribution is 6.31. The Morgan fingerprint density at radius 2 is 1.58 bits per heavy atom. The van der Waals surface area contributed by atoms with E-state index in [2.05, 4.69) is 5.32 Å². The van der Waals surface area contributed by atoms with Gasteiger partial charge in [-0.25, -0.2) is 0 Å². The molecule has 1 unspecified atom stereocenters. The molecule has 0 radical (unpaired) electrons. The van der Waals surface area contributed by atoms with Gasteiger partial charge in [-0.2, -0.15) is 0 Å². The minimum atomic E-state index is -0.320. The fraction of sp³-hybridized carbons (Fsp3) is 0.192. The first-order chi connectivity index (χ1) is 15.9. The number of amides is 3. The first kappa shape index (κ1) is 22.7. The predicted molar refractivity (Wildman–Crippen MR) is 127 cm³/mol. The molecule has 0 bridgehead atoms. The molecule has 33 heavy (non-hydrogen) atoms. The zero-order valence-electron chi connectivity index (χ0n) is 18.4. The number of nitrogens with zero attached hydrogens (tertiary/aromatic N) is 2. The molecule has 3 aromatic rings. The van der Waals surface area contributed by atoms with Gasteiger partial charge < -0.3 is 10.2 Å². The average molecular weight is 462 g/mol. The molecule has 3 amide bonds. The number of imide groups is 1. The van der Waals surface area contributed by atoms with E-state index in [0.29, 0.717) is 33.8 Å². The highest BCUT2D eigenvalue weighted by Crippen LogP contribution is 2.26. The maximum atomic E-state index is 12.9. The highest BCUT2D eigenvalue weighted by Gasteiger charge is 2.35. The highest BCUT2D eigenvalue weighted by atomic mass is 35.5. The van der Waals surface area contributed by atoms with Crippen LogP contribution in [0.3, 0.4) is 0 Å². The second-order valence-corrected chi connectivity index (χ2v) is 8.56. The van der Waals surface area contributed by atoms with Crippen molar-refractivity contribution in [3.63, 3.8) is 0 Å². The summed E-state index contributed by atoms with van der Waals surface area (Å²) in [6.45, 7) is 0.478. The van der Waals surface area contributed by atoms with Crippen LogP contribution < -0.4 is 5.32 Å². The molecule has 4 rings (SSSR count). The van der Waals surface area contributed by atoms with Gasteiger partial charge in [-0.1, -0.05) is 54.1 Å². The first-order valence-corrected chi connectivity index (χ1v) is 11.0. The van der Waals surface area contributed by atoms with Crippen molar-refractivity contribution in [3.8, 4) is 0 Å². The zero-order valence-corrected chi connectivity index (χ0v) is 19.2. The Hall–Kier alpha value is -3.48. The molecule has 7 heteroatoms. The Kier molecular flexibility index (Phi) is 6.58. The summed E-state index contributed by atoms with van der Waals surface area (Å²) in [7, 11) is 3.87. The molecule has 0 fully saturated rings. The second kappa shape index (κ2) is 9.57. The number of halogens is 1. The molecule has 0 saturated heterocycles. The third-order valence-electron chi connectivity index (χ3n) is 5.75. The van der Waals surface area contributed by atoms with E-state index < -0.39 is 0 Å². The maximum absolute atomic E-state index is 12.9. The Morgan fingerprint density at radius 3 is 2.21 bits per heavy atom. The first-order valence-electron chi connectivity index (χ1n) is 10.6. The number of hydrogen-bond donors (Lipinski definition) is 1. The van der Waals surface area contributed by atoms with Crippen LogP contribution in [0.25, 0.3) is 0 Å². The van der Waals surface area contributed by atoms with Gasteiger partial charge in [-0.3, -0.25) is 19.3 Å². The molecule has 0 spiro atoms. The Labute approximate surface area is 197 Å². The molecule has 1 atom stereocenters. The normalized spacial score (nSPS) is 13.9. The summed E-state index contributed by atoms with van der Waals surface area (Å²) in [4.78, 5) is 41.4. The van der Waals surface area contributed by atoms with Gasteiger partial charge in [-0.05, 0) is 55.6 Å². The SMILES string of the molecule is CN(C)C(CNC(=O)c1cccc(CN2C(=O)c3ccccc3C2=O)c1)c1ccccc1Cl. The van der Waals surface area contributed by atoms with Crippen LogP contribution in [0, 0.1) is 0 Å². The van der Waals surface area contributed by atoms with E-state index in [-0.39, 0.29) is 30.3 Å². The zero-order chi connectivity index (χ0) is 23.5. The van der Waals surface area contributed by atoms with E-state index in [1.54, 1.807) is 48.5 Å². The molecule has 0 aliphatic carbocycles. The van der Waals surface area contributed by atoms with E-state index in [1.807, 2.05) is 43.3 Å². The summed E-state index contributed by atoms with van der Waals surface area (Å²) in [5.74, 6) is -0.879. The average Bonchev–Trinajstić information content (AvgIpc) is 3.05. The maximum Gasteiger partial charge on any atom is 0.261 e. The van der Waals surface area contributed by atoms with E-state index in [1.165, 1.54) is 4.90 Å². The summed E-state index contributed by atoms with van der Waals surface area (Å²) < 4.78 is 0. The van der Waals surface area contributed by atoms with Gasteiger partial charge in [0.05, 0.1) is 23.7 Å². The number of benzene rings is 3. The van der Waals surface area contributed by atoms with Crippen molar-refractivity contribution in [2.24, 2.45) is 0 Å². The number of carbonyl (C=O) groups excluding carboxylic acids is 3. The van der Waals surface area contributed by atoms with Crippen molar-refractivity contribution in [2.75, 3.05) is 20.6 Å². The lowest BCUT2D eigenvalue weighted by atomic mass is 10.1. The van der Waals surface area contributed by atoms with E-state index in [0.717, 1.165) is 5.56 Å². The molecule has 1 aliphatic heterocycles. The summed E-state index contributed by atoms with van der Waals surface area (Å²) in [5, 5.41) is 3.62. The van der Waals surface area contributed by atoms with Gasteiger partial charge in [0, 0.05) is 17.1 Å². The quantitative estimate of drug-likeness (QED) is 0.536. The van der Waals surface area contributed by atoms with Gasteiger partial charge in [0.15, 0.2) is 0 Å². The van der Waals surface area contributed by atoms with Crippen molar-refractivity contribution in [1.29, 1.82) is 0 Å². The van der Waals surface area contributed by atoms with Gasteiger partial charge in [0.1, 0.15) is 0 Å². The van der Waals surface area contributed by atoms with Crippen LogP contribution in [0.4, 0.5) is 0 Å². The van der Waals surface area contributed by atoms with Gasteiger partial charge in [0.2, 0.25) is 0 Å². The molecule has 0 aromatic heterocycles. The monoisotopic (exact) mass is 461 g/mol. The third-order valence-corrected chi connectivity index (χ3v) is 6.10. The lowest BCUT2D eigenvalue weighted by molar-refractivity contribution is 0.0642.